The summed E-state index contributed by atoms with van der Waals surface area (Å²) in [6.07, 6.45) is 0. The van der Waals surface area contributed by atoms with Gasteiger partial charge in [0.1, 0.15) is 0 Å². The average Bonchev–Trinajstić information content (AvgIpc) is 2.61. The minimum absolute atomic E-state index is 0.0289. The summed E-state index contributed by atoms with van der Waals surface area (Å²) >= 11 is 1.32. The van der Waals surface area contributed by atoms with Crippen LogP contribution < -0.4 is 5.56 Å². The van der Waals surface area contributed by atoms with Crippen LogP contribution in [0.5, 0.6) is 0 Å². The second-order valence-electron chi connectivity index (χ2n) is 6.69. The molecular formula is C21H22N2O2S. The fourth-order valence-corrected chi connectivity index (χ4v) is 3.83. The van der Waals surface area contributed by atoms with Crippen molar-refractivity contribution in [1.29, 1.82) is 0 Å². The largest absolute Gasteiger partial charge is 0.293 e. The number of hydrogen-bond donors (Lipinski definition) is 0. The molecule has 3 aromatic rings. The van der Waals surface area contributed by atoms with Gasteiger partial charge in [0.15, 0.2) is 10.9 Å². The summed E-state index contributed by atoms with van der Waals surface area (Å²) in [6, 6.07) is 13.0. The Kier molecular flexibility index (Phi) is 5.28. The van der Waals surface area contributed by atoms with Gasteiger partial charge in [-0.15, -0.1) is 0 Å². The Morgan fingerprint density at radius 3 is 2.54 bits per heavy atom. The first-order chi connectivity index (χ1) is 12.4. The Balaban J connectivity index is 1.93. The van der Waals surface area contributed by atoms with Crippen LogP contribution in [-0.4, -0.2) is 21.1 Å². The molecule has 26 heavy (non-hydrogen) atoms. The average molecular weight is 366 g/mol. The van der Waals surface area contributed by atoms with Crippen LogP contribution in [0.3, 0.4) is 0 Å². The van der Waals surface area contributed by atoms with Gasteiger partial charge in [-0.25, -0.2) is 4.98 Å². The van der Waals surface area contributed by atoms with E-state index in [1.54, 1.807) is 10.6 Å². The number of carbonyl (C=O) groups is 1. The van der Waals surface area contributed by atoms with E-state index in [-0.39, 0.29) is 23.1 Å². The van der Waals surface area contributed by atoms with Gasteiger partial charge in [-0.3, -0.25) is 14.2 Å². The highest BCUT2D eigenvalue weighted by Gasteiger charge is 2.16. The smallest absolute Gasteiger partial charge is 0.262 e. The molecular weight excluding hydrogens is 344 g/mol. The van der Waals surface area contributed by atoms with Crippen molar-refractivity contribution < 1.29 is 4.79 Å². The van der Waals surface area contributed by atoms with Crippen LogP contribution in [0.1, 0.15) is 41.4 Å². The van der Waals surface area contributed by atoms with Crippen LogP contribution in [0.4, 0.5) is 0 Å². The quantitative estimate of drug-likeness (QED) is 0.377. The minimum atomic E-state index is -0.0632. The lowest BCUT2D eigenvalue weighted by Gasteiger charge is -2.16. The third-order valence-electron chi connectivity index (χ3n) is 4.45. The van der Waals surface area contributed by atoms with Crippen molar-refractivity contribution in [3.8, 4) is 0 Å². The van der Waals surface area contributed by atoms with Crippen molar-refractivity contribution in [2.24, 2.45) is 0 Å². The molecule has 0 N–H and O–H groups in total. The lowest BCUT2D eigenvalue weighted by atomic mass is 10.0. The van der Waals surface area contributed by atoms with E-state index >= 15 is 0 Å². The predicted octanol–water partition coefficient (Wildman–Crippen LogP) is 4.57. The number of aromatic nitrogens is 2. The van der Waals surface area contributed by atoms with Gasteiger partial charge in [0.25, 0.3) is 5.56 Å². The molecule has 0 bridgehead atoms. The number of aryl methyl sites for hydroxylation is 2. The van der Waals surface area contributed by atoms with Crippen molar-refractivity contribution in [3.63, 3.8) is 0 Å². The van der Waals surface area contributed by atoms with E-state index in [0.29, 0.717) is 21.6 Å². The fourth-order valence-electron chi connectivity index (χ4n) is 2.81. The first-order valence-electron chi connectivity index (χ1n) is 8.63. The highest BCUT2D eigenvalue weighted by molar-refractivity contribution is 7.99. The summed E-state index contributed by atoms with van der Waals surface area (Å²) in [6.45, 7) is 7.93. The van der Waals surface area contributed by atoms with Crippen molar-refractivity contribution in [1.82, 2.24) is 9.55 Å². The maximum absolute atomic E-state index is 12.8. The summed E-state index contributed by atoms with van der Waals surface area (Å²) in [5, 5.41) is 1.19. The van der Waals surface area contributed by atoms with E-state index in [1.807, 2.05) is 64.1 Å². The molecule has 2 aromatic carbocycles. The van der Waals surface area contributed by atoms with Crippen molar-refractivity contribution in [2.75, 3.05) is 5.75 Å². The number of Topliss-reactive ketones (excluding diaryl/α,β-unsaturated/α-hetero) is 1. The molecule has 3 rings (SSSR count). The lowest BCUT2D eigenvalue weighted by Crippen LogP contribution is -2.25. The third kappa shape index (κ3) is 3.58. The summed E-state index contributed by atoms with van der Waals surface area (Å²) in [4.78, 5) is 30.0. The van der Waals surface area contributed by atoms with Crippen molar-refractivity contribution in [2.45, 2.75) is 38.9 Å². The van der Waals surface area contributed by atoms with Crippen LogP contribution in [0.25, 0.3) is 10.9 Å². The van der Waals surface area contributed by atoms with Gasteiger partial charge < -0.3 is 0 Å². The molecule has 0 amide bonds. The Bertz CT molecular complexity index is 1040. The molecule has 0 aliphatic heterocycles. The van der Waals surface area contributed by atoms with Crippen LogP contribution in [-0.2, 0) is 0 Å². The SMILES string of the molecule is Cc1ccc(C(=O)CSc2nc3ccccc3c(=O)n2C(C)C)cc1C. The molecule has 0 atom stereocenters. The van der Waals surface area contributed by atoms with Gasteiger partial charge in [-0.05, 0) is 57.0 Å². The fraction of sp³-hybridized carbons (Fsp3) is 0.286. The van der Waals surface area contributed by atoms with Crippen molar-refractivity contribution >= 4 is 28.4 Å². The molecule has 5 heteroatoms. The minimum Gasteiger partial charge on any atom is -0.293 e. The number of fused-ring (bicyclic) bond motifs is 1. The molecule has 134 valence electrons. The maximum atomic E-state index is 12.8. The predicted molar refractivity (Wildman–Crippen MR) is 107 cm³/mol. The Morgan fingerprint density at radius 1 is 1.12 bits per heavy atom. The molecule has 0 radical (unpaired) electrons. The summed E-state index contributed by atoms with van der Waals surface area (Å²) in [7, 11) is 0. The molecule has 1 heterocycles. The second-order valence-corrected chi connectivity index (χ2v) is 7.63. The number of thioether (sulfide) groups is 1. The van der Waals surface area contributed by atoms with E-state index in [2.05, 4.69) is 4.98 Å². The number of nitrogens with zero attached hydrogens (tertiary/aromatic N) is 2. The number of carbonyl (C=O) groups excluding carboxylic acids is 1. The third-order valence-corrected chi connectivity index (χ3v) is 5.41. The normalized spacial score (nSPS) is 11.3. The number of ketones is 1. The number of benzene rings is 2. The zero-order valence-corrected chi connectivity index (χ0v) is 16.3. The summed E-state index contributed by atoms with van der Waals surface area (Å²) in [5.41, 5.74) is 3.56. The van der Waals surface area contributed by atoms with Gasteiger partial charge in [0.2, 0.25) is 0 Å². The van der Waals surface area contributed by atoms with E-state index in [9.17, 15) is 9.59 Å². The summed E-state index contributed by atoms with van der Waals surface area (Å²) < 4.78 is 1.67. The van der Waals surface area contributed by atoms with Gasteiger partial charge in [0, 0.05) is 11.6 Å². The van der Waals surface area contributed by atoms with Crippen LogP contribution in [0.2, 0.25) is 0 Å². The van der Waals surface area contributed by atoms with Gasteiger partial charge in [-0.2, -0.15) is 0 Å². The lowest BCUT2D eigenvalue weighted by molar-refractivity contribution is 0.102. The van der Waals surface area contributed by atoms with E-state index < -0.39 is 0 Å². The monoisotopic (exact) mass is 366 g/mol. The summed E-state index contributed by atoms with van der Waals surface area (Å²) in [5.74, 6) is 0.288. The zero-order chi connectivity index (χ0) is 18.8. The molecule has 1 aromatic heterocycles. The van der Waals surface area contributed by atoms with Gasteiger partial charge in [0.05, 0.1) is 16.7 Å². The molecule has 4 nitrogen and oxygen atoms in total. The Morgan fingerprint density at radius 2 is 1.85 bits per heavy atom. The van der Waals surface area contributed by atoms with E-state index in [1.165, 1.54) is 17.3 Å². The number of rotatable bonds is 5. The Labute approximate surface area is 157 Å². The molecule has 0 unspecified atom stereocenters. The standard InChI is InChI=1S/C21H22N2O2S/c1-13(2)23-20(25)17-7-5-6-8-18(17)22-21(23)26-12-19(24)16-10-9-14(3)15(4)11-16/h5-11,13H,12H2,1-4H3. The first kappa shape index (κ1) is 18.4. The first-order valence-corrected chi connectivity index (χ1v) is 9.61. The highest BCUT2D eigenvalue weighted by Crippen LogP contribution is 2.22. The van der Waals surface area contributed by atoms with Crippen LogP contribution >= 0.6 is 11.8 Å². The number of para-hydroxylation sites is 1. The second kappa shape index (κ2) is 7.46. The molecule has 0 spiro atoms. The number of hydrogen-bond acceptors (Lipinski definition) is 4. The molecule has 0 saturated carbocycles. The van der Waals surface area contributed by atoms with Crippen LogP contribution in [0.15, 0.2) is 52.4 Å². The molecule has 0 fully saturated rings. The Hall–Kier alpha value is -2.40. The molecule has 0 aliphatic carbocycles. The van der Waals surface area contributed by atoms with Gasteiger partial charge in [-0.1, -0.05) is 36.0 Å². The van der Waals surface area contributed by atoms with E-state index in [4.69, 9.17) is 0 Å². The topological polar surface area (TPSA) is 52.0 Å². The van der Waals surface area contributed by atoms with Gasteiger partial charge >= 0.3 is 0 Å². The highest BCUT2D eigenvalue weighted by atomic mass is 32.2. The zero-order valence-electron chi connectivity index (χ0n) is 15.4. The molecule has 0 aliphatic rings. The maximum Gasteiger partial charge on any atom is 0.262 e. The molecule has 0 saturated heterocycles. The van der Waals surface area contributed by atoms with Crippen molar-refractivity contribution in [3.05, 3.63) is 69.5 Å². The van der Waals surface area contributed by atoms with Crippen LogP contribution in [0, 0.1) is 13.8 Å². The van der Waals surface area contributed by atoms with E-state index in [0.717, 1.165) is 5.56 Å².